The van der Waals surface area contributed by atoms with E-state index >= 15 is 0 Å². The fourth-order valence-corrected chi connectivity index (χ4v) is 2.23. The Labute approximate surface area is 107 Å². The predicted octanol–water partition coefficient (Wildman–Crippen LogP) is 0.833. The van der Waals surface area contributed by atoms with Gasteiger partial charge in [-0.15, -0.1) is 0 Å². The van der Waals surface area contributed by atoms with E-state index in [4.69, 9.17) is 5.11 Å². The van der Waals surface area contributed by atoms with E-state index < -0.39 is 0 Å². The third-order valence-corrected chi connectivity index (χ3v) is 3.23. The summed E-state index contributed by atoms with van der Waals surface area (Å²) in [4.78, 5) is 12.1. The highest BCUT2D eigenvalue weighted by Crippen LogP contribution is 2.18. The van der Waals surface area contributed by atoms with Crippen LogP contribution in [0.1, 0.15) is 34.8 Å². The SMILES string of the molecule is CC(O)CCNC(=O)c1cccc2c1CCNC2. The van der Waals surface area contributed by atoms with Crippen LogP contribution in [0.4, 0.5) is 0 Å². The molecule has 0 spiro atoms. The van der Waals surface area contributed by atoms with Gasteiger partial charge in [-0.2, -0.15) is 0 Å². The molecular formula is C14H20N2O2. The van der Waals surface area contributed by atoms with E-state index in [-0.39, 0.29) is 12.0 Å². The Kier molecular flexibility index (Phi) is 4.33. The molecule has 1 unspecified atom stereocenters. The quantitative estimate of drug-likeness (QED) is 0.739. The van der Waals surface area contributed by atoms with E-state index in [1.165, 1.54) is 5.56 Å². The van der Waals surface area contributed by atoms with Crippen molar-refractivity contribution in [3.05, 3.63) is 34.9 Å². The second-order valence-corrected chi connectivity index (χ2v) is 4.76. The Bertz CT molecular complexity index is 430. The smallest absolute Gasteiger partial charge is 0.251 e. The van der Waals surface area contributed by atoms with E-state index in [1.807, 2.05) is 12.1 Å². The summed E-state index contributed by atoms with van der Waals surface area (Å²) in [6.07, 6.45) is 1.11. The number of aliphatic hydroxyl groups is 1. The standard InChI is InChI=1S/C14H20N2O2/c1-10(17)5-8-16-14(18)13-4-2-3-11-9-15-7-6-12(11)13/h2-4,10,15,17H,5-9H2,1H3,(H,16,18). The first kappa shape index (κ1) is 13.1. The number of aliphatic hydroxyl groups excluding tert-OH is 1. The molecule has 4 nitrogen and oxygen atoms in total. The van der Waals surface area contributed by atoms with Crippen molar-refractivity contribution in [1.82, 2.24) is 10.6 Å². The van der Waals surface area contributed by atoms with Crippen LogP contribution in [0.5, 0.6) is 0 Å². The third kappa shape index (κ3) is 3.09. The lowest BCUT2D eigenvalue weighted by molar-refractivity contribution is 0.0944. The Hall–Kier alpha value is -1.39. The molecule has 1 heterocycles. The van der Waals surface area contributed by atoms with Crippen LogP contribution in [0.25, 0.3) is 0 Å². The highest BCUT2D eigenvalue weighted by Gasteiger charge is 2.16. The Morgan fingerprint density at radius 1 is 1.56 bits per heavy atom. The van der Waals surface area contributed by atoms with Crippen molar-refractivity contribution in [1.29, 1.82) is 0 Å². The molecule has 0 saturated heterocycles. The molecule has 0 radical (unpaired) electrons. The second-order valence-electron chi connectivity index (χ2n) is 4.76. The largest absolute Gasteiger partial charge is 0.393 e. The van der Waals surface area contributed by atoms with E-state index in [0.29, 0.717) is 13.0 Å². The first-order valence-corrected chi connectivity index (χ1v) is 6.46. The van der Waals surface area contributed by atoms with Crippen LogP contribution in [0.15, 0.2) is 18.2 Å². The van der Waals surface area contributed by atoms with Crippen LogP contribution in [-0.4, -0.2) is 30.2 Å². The number of hydrogen-bond acceptors (Lipinski definition) is 3. The molecule has 4 heteroatoms. The summed E-state index contributed by atoms with van der Waals surface area (Å²) in [6, 6.07) is 5.87. The van der Waals surface area contributed by atoms with Crippen LogP contribution < -0.4 is 10.6 Å². The highest BCUT2D eigenvalue weighted by molar-refractivity contribution is 5.96. The maximum Gasteiger partial charge on any atom is 0.251 e. The van der Waals surface area contributed by atoms with E-state index in [1.54, 1.807) is 6.92 Å². The lowest BCUT2D eigenvalue weighted by Crippen LogP contribution is -2.30. The van der Waals surface area contributed by atoms with Gasteiger partial charge in [0, 0.05) is 18.7 Å². The minimum Gasteiger partial charge on any atom is -0.393 e. The van der Waals surface area contributed by atoms with E-state index in [0.717, 1.165) is 30.6 Å². The van der Waals surface area contributed by atoms with Crippen molar-refractivity contribution >= 4 is 5.91 Å². The summed E-state index contributed by atoms with van der Waals surface area (Å²) >= 11 is 0. The average Bonchev–Trinajstić information content (AvgIpc) is 2.37. The molecule has 0 saturated carbocycles. The second kappa shape index (κ2) is 5.98. The van der Waals surface area contributed by atoms with Crippen molar-refractivity contribution in [2.45, 2.75) is 32.4 Å². The lowest BCUT2D eigenvalue weighted by Gasteiger charge is -2.20. The molecule has 98 valence electrons. The highest BCUT2D eigenvalue weighted by atomic mass is 16.3. The first-order chi connectivity index (χ1) is 8.68. The van der Waals surface area contributed by atoms with E-state index in [9.17, 15) is 4.79 Å². The van der Waals surface area contributed by atoms with Gasteiger partial charge in [0.2, 0.25) is 0 Å². The van der Waals surface area contributed by atoms with Gasteiger partial charge in [-0.05, 0) is 43.5 Å². The van der Waals surface area contributed by atoms with Crippen molar-refractivity contribution in [3.8, 4) is 0 Å². The molecule has 1 aliphatic rings. The van der Waals surface area contributed by atoms with Crippen LogP contribution in [0, 0.1) is 0 Å². The van der Waals surface area contributed by atoms with Crippen molar-refractivity contribution in [2.75, 3.05) is 13.1 Å². The molecule has 3 N–H and O–H groups in total. The van der Waals surface area contributed by atoms with Gasteiger partial charge in [0.05, 0.1) is 6.10 Å². The minimum absolute atomic E-state index is 0.0330. The van der Waals surface area contributed by atoms with Crippen molar-refractivity contribution in [3.63, 3.8) is 0 Å². The predicted molar refractivity (Wildman–Crippen MR) is 70.5 cm³/mol. The lowest BCUT2D eigenvalue weighted by atomic mass is 9.95. The number of hydrogen-bond donors (Lipinski definition) is 3. The van der Waals surface area contributed by atoms with Gasteiger partial charge in [-0.3, -0.25) is 4.79 Å². The van der Waals surface area contributed by atoms with Gasteiger partial charge in [0.15, 0.2) is 0 Å². The van der Waals surface area contributed by atoms with Crippen molar-refractivity contribution in [2.24, 2.45) is 0 Å². The Morgan fingerprint density at radius 3 is 3.17 bits per heavy atom. The van der Waals surface area contributed by atoms with Crippen LogP contribution >= 0.6 is 0 Å². The number of benzene rings is 1. The fraction of sp³-hybridized carbons (Fsp3) is 0.500. The van der Waals surface area contributed by atoms with Crippen molar-refractivity contribution < 1.29 is 9.90 Å². The molecule has 1 aliphatic heterocycles. The summed E-state index contributed by atoms with van der Waals surface area (Å²) < 4.78 is 0. The zero-order valence-electron chi connectivity index (χ0n) is 10.7. The monoisotopic (exact) mass is 248 g/mol. The van der Waals surface area contributed by atoms with Gasteiger partial charge in [-0.1, -0.05) is 12.1 Å². The first-order valence-electron chi connectivity index (χ1n) is 6.46. The van der Waals surface area contributed by atoms with Gasteiger partial charge in [0.1, 0.15) is 0 Å². The normalized spacial score (nSPS) is 15.9. The minimum atomic E-state index is -0.376. The molecule has 1 amide bonds. The van der Waals surface area contributed by atoms with Crippen LogP contribution in [0.3, 0.4) is 0 Å². The summed E-state index contributed by atoms with van der Waals surface area (Å²) in [5.41, 5.74) is 3.15. The van der Waals surface area contributed by atoms with Crippen LogP contribution in [-0.2, 0) is 13.0 Å². The van der Waals surface area contributed by atoms with E-state index in [2.05, 4.69) is 16.7 Å². The molecule has 1 aromatic carbocycles. The molecule has 0 bridgehead atoms. The maximum atomic E-state index is 12.1. The zero-order chi connectivity index (χ0) is 13.0. The molecule has 18 heavy (non-hydrogen) atoms. The number of fused-ring (bicyclic) bond motifs is 1. The maximum absolute atomic E-state index is 12.1. The summed E-state index contributed by atoms with van der Waals surface area (Å²) in [5, 5.41) is 15.3. The number of carbonyl (C=O) groups excluding carboxylic acids is 1. The molecule has 0 aliphatic carbocycles. The summed E-state index contributed by atoms with van der Waals surface area (Å²) in [5.74, 6) is -0.0330. The fourth-order valence-electron chi connectivity index (χ4n) is 2.23. The molecule has 0 fully saturated rings. The Balaban J connectivity index is 2.06. The third-order valence-electron chi connectivity index (χ3n) is 3.23. The van der Waals surface area contributed by atoms with Crippen LogP contribution in [0.2, 0.25) is 0 Å². The number of carbonyl (C=O) groups is 1. The number of amides is 1. The molecular weight excluding hydrogens is 228 g/mol. The van der Waals surface area contributed by atoms with Gasteiger partial charge in [-0.25, -0.2) is 0 Å². The topological polar surface area (TPSA) is 61.4 Å². The summed E-state index contributed by atoms with van der Waals surface area (Å²) in [6.45, 7) is 4.00. The molecule has 1 atom stereocenters. The van der Waals surface area contributed by atoms with Gasteiger partial charge in [0.25, 0.3) is 5.91 Å². The average molecular weight is 248 g/mol. The number of nitrogens with one attached hydrogen (secondary N) is 2. The zero-order valence-corrected chi connectivity index (χ0v) is 10.7. The molecule has 1 aromatic rings. The number of rotatable bonds is 4. The van der Waals surface area contributed by atoms with Gasteiger partial charge >= 0.3 is 0 Å². The molecule has 0 aromatic heterocycles. The van der Waals surface area contributed by atoms with Gasteiger partial charge < -0.3 is 15.7 Å². The summed E-state index contributed by atoms with van der Waals surface area (Å²) in [7, 11) is 0. The Morgan fingerprint density at radius 2 is 2.39 bits per heavy atom. The molecule has 2 rings (SSSR count).